The standard InChI is InChI=1S/C19H32N4O2S.HI/c1-5-15-7-9-16(10-8-15)18(23(3)4)13-21-19(20-6-2)22-17-11-12-26(24,25)14-17;/h7-10,17-18H,5-6,11-14H2,1-4H3,(H2,20,21,22);1H. The van der Waals surface area contributed by atoms with Gasteiger partial charge < -0.3 is 15.5 Å². The van der Waals surface area contributed by atoms with Crippen molar-refractivity contribution in [2.45, 2.75) is 38.8 Å². The molecule has 1 saturated heterocycles. The van der Waals surface area contributed by atoms with E-state index in [0.717, 1.165) is 13.0 Å². The molecule has 27 heavy (non-hydrogen) atoms. The first kappa shape index (κ1) is 24.2. The molecule has 0 spiro atoms. The minimum atomic E-state index is -2.90. The molecule has 0 bridgehead atoms. The van der Waals surface area contributed by atoms with Crippen LogP contribution >= 0.6 is 24.0 Å². The first-order valence-electron chi connectivity index (χ1n) is 9.35. The summed E-state index contributed by atoms with van der Waals surface area (Å²) in [6.45, 7) is 5.51. The molecule has 1 aromatic rings. The van der Waals surface area contributed by atoms with Crippen molar-refractivity contribution in [3.8, 4) is 0 Å². The van der Waals surface area contributed by atoms with E-state index < -0.39 is 9.84 Å². The Morgan fingerprint density at radius 3 is 2.41 bits per heavy atom. The molecular formula is C19H33IN4O2S. The molecule has 1 heterocycles. The van der Waals surface area contributed by atoms with Gasteiger partial charge in [0.25, 0.3) is 0 Å². The zero-order valence-electron chi connectivity index (χ0n) is 16.7. The minimum absolute atomic E-state index is 0. The van der Waals surface area contributed by atoms with Crippen LogP contribution in [0.25, 0.3) is 0 Å². The minimum Gasteiger partial charge on any atom is -0.357 e. The molecule has 2 N–H and O–H groups in total. The van der Waals surface area contributed by atoms with Crippen molar-refractivity contribution in [1.29, 1.82) is 0 Å². The molecule has 0 amide bonds. The Bertz CT molecular complexity index is 705. The maximum Gasteiger partial charge on any atom is 0.191 e. The van der Waals surface area contributed by atoms with Gasteiger partial charge in [-0.3, -0.25) is 4.99 Å². The van der Waals surface area contributed by atoms with Crippen LogP contribution in [0.15, 0.2) is 29.3 Å². The zero-order chi connectivity index (χ0) is 19.2. The van der Waals surface area contributed by atoms with Crippen molar-refractivity contribution in [1.82, 2.24) is 15.5 Å². The molecule has 8 heteroatoms. The number of halogens is 1. The topological polar surface area (TPSA) is 73.8 Å². The van der Waals surface area contributed by atoms with E-state index in [4.69, 9.17) is 4.99 Å². The van der Waals surface area contributed by atoms with E-state index in [2.05, 4.69) is 60.8 Å². The SMILES string of the molecule is CCNC(=NCC(c1ccc(CC)cc1)N(C)C)NC1CCS(=O)(=O)C1.I. The van der Waals surface area contributed by atoms with E-state index in [1.165, 1.54) is 11.1 Å². The Morgan fingerprint density at radius 2 is 1.93 bits per heavy atom. The number of nitrogens with one attached hydrogen (secondary N) is 2. The van der Waals surface area contributed by atoms with E-state index in [0.29, 0.717) is 18.9 Å². The van der Waals surface area contributed by atoms with E-state index >= 15 is 0 Å². The lowest BCUT2D eigenvalue weighted by atomic mass is 10.0. The third-order valence-electron chi connectivity index (χ3n) is 4.74. The van der Waals surface area contributed by atoms with Gasteiger partial charge in [0.15, 0.2) is 15.8 Å². The summed E-state index contributed by atoms with van der Waals surface area (Å²) in [5.41, 5.74) is 2.56. The number of guanidine groups is 1. The summed E-state index contributed by atoms with van der Waals surface area (Å²) in [6, 6.07) is 8.79. The largest absolute Gasteiger partial charge is 0.357 e. The second-order valence-corrected chi connectivity index (χ2v) is 9.27. The van der Waals surface area contributed by atoms with Gasteiger partial charge in [0.2, 0.25) is 0 Å². The molecule has 2 atom stereocenters. The Labute approximate surface area is 181 Å². The lowest BCUT2D eigenvalue weighted by Gasteiger charge is -2.24. The normalized spacial score (nSPS) is 20.2. The smallest absolute Gasteiger partial charge is 0.191 e. The molecule has 1 aromatic carbocycles. The first-order chi connectivity index (χ1) is 12.3. The number of hydrogen-bond donors (Lipinski definition) is 2. The molecule has 154 valence electrons. The molecule has 1 fully saturated rings. The Kier molecular flexibility index (Phi) is 10.0. The van der Waals surface area contributed by atoms with E-state index in [9.17, 15) is 8.42 Å². The zero-order valence-corrected chi connectivity index (χ0v) is 19.9. The van der Waals surface area contributed by atoms with Gasteiger partial charge in [-0.2, -0.15) is 0 Å². The molecule has 2 unspecified atom stereocenters. The highest BCUT2D eigenvalue weighted by Gasteiger charge is 2.28. The van der Waals surface area contributed by atoms with Crippen LogP contribution in [-0.2, 0) is 16.3 Å². The summed E-state index contributed by atoms with van der Waals surface area (Å²) in [5, 5.41) is 6.50. The van der Waals surface area contributed by atoms with Crippen molar-refractivity contribution in [3.05, 3.63) is 35.4 Å². The lowest BCUT2D eigenvalue weighted by molar-refractivity contribution is 0.306. The third kappa shape index (κ3) is 7.57. The van der Waals surface area contributed by atoms with Crippen LogP contribution in [-0.4, -0.2) is 64.0 Å². The van der Waals surface area contributed by atoms with Crippen molar-refractivity contribution in [2.24, 2.45) is 4.99 Å². The predicted octanol–water partition coefficient (Wildman–Crippen LogP) is 2.21. The van der Waals surface area contributed by atoms with Crippen LogP contribution in [0.1, 0.15) is 37.4 Å². The van der Waals surface area contributed by atoms with Crippen molar-refractivity contribution < 1.29 is 8.42 Å². The van der Waals surface area contributed by atoms with Gasteiger partial charge in [-0.1, -0.05) is 31.2 Å². The van der Waals surface area contributed by atoms with Gasteiger partial charge in [-0.25, -0.2) is 8.42 Å². The first-order valence-corrected chi connectivity index (χ1v) is 11.2. The van der Waals surface area contributed by atoms with Crippen LogP contribution in [0.5, 0.6) is 0 Å². The van der Waals surface area contributed by atoms with E-state index in [1.54, 1.807) is 0 Å². The van der Waals surface area contributed by atoms with Gasteiger partial charge in [0.05, 0.1) is 24.1 Å². The fourth-order valence-electron chi connectivity index (χ4n) is 3.14. The molecule has 0 aliphatic carbocycles. The molecule has 1 aliphatic rings. The summed E-state index contributed by atoms with van der Waals surface area (Å²) in [6.07, 6.45) is 1.67. The van der Waals surface area contributed by atoms with Gasteiger partial charge >= 0.3 is 0 Å². The van der Waals surface area contributed by atoms with Crippen molar-refractivity contribution >= 4 is 39.8 Å². The van der Waals surface area contributed by atoms with Gasteiger partial charge in [-0.15, -0.1) is 24.0 Å². The van der Waals surface area contributed by atoms with Gasteiger partial charge in [0, 0.05) is 12.6 Å². The quantitative estimate of drug-likeness (QED) is 0.336. The van der Waals surface area contributed by atoms with Gasteiger partial charge in [0.1, 0.15) is 0 Å². The number of aryl methyl sites for hydroxylation is 1. The molecule has 2 rings (SSSR count). The average molecular weight is 508 g/mol. The average Bonchev–Trinajstić information content (AvgIpc) is 2.94. The molecular weight excluding hydrogens is 475 g/mol. The van der Waals surface area contributed by atoms with Crippen molar-refractivity contribution in [2.75, 3.05) is 38.7 Å². The summed E-state index contributed by atoms with van der Waals surface area (Å²) in [7, 11) is 1.20. The second-order valence-electron chi connectivity index (χ2n) is 7.04. The van der Waals surface area contributed by atoms with Crippen molar-refractivity contribution in [3.63, 3.8) is 0 Å². The number of benzene rings is 1. The Hall–Kier alpha value is -0.870. The molecule has 6 nitrogen and oxygen atoms in total. The second kappa shape index (κ2) is 11.2. The van der Waals surface area contributed by atoms with E-state index in [-0.39, 0.29) is 47.6 Å². The van der Waals surface area contributed by atoms with Crippen LogP contribution in [0.4, 0.5) is 0 Å². The highest BCUT2D eigenvalue weighted by molar-refractivity contribution is 14.0. The van der Waals surface area contributed by atoms with Crippen LogP contribution in [0.2, 0.25) is 0 Å². The maximum absolute atomic E-state index is 11.7. The number of hydrogen-bond acceptors (Lipinski definition) is 4. The number of rotatable bonds is 7. The van der Waals surface area contributed by atoms with Gasteiger partial charge in [-0.05, 0) is 45.0 Å². The highest BCUT2D eigenvalue weighted by atomic mass is 127. The van der Waals surface area contributed by atoms with Crippen LogP contribution < -0.4 is 10.6 Å². The summed E-state index contributed by atoms with van der Waals surface area (Å²) in [4.78, 5) is 6.88. The molecule has 0 radical (unpaired) electrons. The summed E-state index contributed by atoms with van der Waals surface area (Å²) in [5.74, 6) is 1.13. The Morgan fingerprint density at radius 1 is 1.26 bits per heavy atom. The lowest BCUT2D eigenvalue weighted by Crippen LogP contribution is -2.44. The number of sulfone groups is 1. The summed E-state index contributed by atoms with van der Waals surface area (Å²) >= 11 is 0. The van der Waals surface area contributed by atoms with Crippen LogP contribution in [0.3, 0.4) is 0 Å². The molecule has 1 aliphatic heterocycles. The number of likely N-dealkylation sites (N-methyl/N-ethyl adjacent to an activating group) is 1. The third-order valence-corrected chi connectivity index (χ3v) is 6.50. The monoisotopic (exact) mass is 508 g/mol. The Balaban J connectivity index is 0.00000364. The maximum atomic E-state index is 11.7. The fraction of sp³-hybridized carbons (Fsp3) is 0.632. The van der Waals surface area contributed by atoms with Crippen LogP contribution in [0, 0.1) is 0 Å². The highest BCUT2D eigenvalue weighted by Crippen LogP contribution is 2.19. The summed E-state index contributed by atoms with van der Waals surface area (Å²) < 4.78 is 23.3. The number of nitrogens with zero attached hydrogens (tertiary/aromatic N) is 2. The fourth-order valence-corrected chi connectivity index (χ4v) is 4.82. The predicted molar refractivity (Wildman–Crippen MR) is 124 cm³/mol. The molecule has 0 aromatic heterocycles. The van der Waals surface area contributed by atoms with E-state index in [1.807, 2.05) is 6.92 Å². The molecule has 0 saturated carbocycles. The number of aliphatic imine (C=N–C) groups is 1.